The van der Waals surface area contributed by atoms with Gasteiger partial charge in [0.05, 0.1) is 32.3 Å². The van der Waals surface area contributed by atoms with Crippen molar-refractivity contribution < 1.29 is 24.2 Å². The molecule has 1 aromatic heterocycles. The molecule has 15 heteroatoms. The second-order valence-corrected chi connectivity index (χ2v) is 9.45. The molecular weight excluding hydrogens is 530 g/mol. The zero-order chi connectivity index (χ0) is 28.9. The lowest BCUT2D eigenvalue weighted by Crippen LogP contribution is -2.33. The van der Waals surface area contributed by atoms with E-state index in [0.29, 0.717) is 53.3 Å². The summed E-state index contributed by atoms with van der Waals surface area (Å²) in [6, 6.07) is 13.1. The predicted molar refractivity (Wildman–Crippen MR) is 147 cm³/mol. The van der Waals surface area contributed by atoms with Gasteiger partial charge in [0.2, 0.25) is 5.91 Å². The number of anilines is 4. The average Bonchev–Trinajstić information content (AvgIpc) is 3.39. The number of hydrogen-bond acceptors (Lipinski definition) is 11. The molecule has 0 atom stereocenters. The van der Waals surface area contributed by atoms with Crippen LogP contribution in [0.15, 0.2) is 48.5 Å². The van der Waals surface area contributed by atoms with Gasteiger partial charge in [-0.15, -0.1) is 0 Å². The molecule has 0 saturated carbocycles. The fourth-order valence-corrected chi connectivity index (χ4v) is 4.44. The summed E-state index contributed by atoms with van der Waals surface area (Å²) in [6.45, 7) is 2.42. The summed E-state index contributed by atoms with van der Waals surface area (Å²) >= 11 is 0.588. The molecule has 39 heavy (non-hydrogen) atoms. The van der Waals surface area contributed by atoms with Crippen molar-refractivity contribution in [2.45, 2.75) is 13.3 Å². The molecule has 2 aromatic carbocycles. The Morgan fingerprint density at radius 2 is 1.64 bits per heavy atom. The summed E-state index contributed by atoms with van der Waals surface area (Å²) in [5.74, 6) is -0.663. The second kappa shape index (κ2) is 12.0. The van der Waals surface area contributed by atoms with Gasteiger partial charge in [-0.25, -0.2) is 0 Å². The maximum absolute atomic E-state index is 12.4. The maximum Gasteiger partial charge on any atom is 0.333 e. The lowest BCUT2D eigenvalue weighted by atomic mass is 10.1. The normalized spacial score (nSPS) is 11.9. The van der Waals surface area contributed by atoms with E-state index in [1.165, 1.54) is 11.8 Å². The van der Waals surface area contributed by atoms with E-state index >= 15 is 0 Å². The van der Waals surface area contributed by atoms with E-state index in [-0.39, 0.29) is 27.7 Å². The quantitative estimate of drug-likeness (QED) is 0.159. The number of nitrogens with two attached hydrogens (primary N) is 2. The molecule has 0 bridgehead atoms. The van der Waals surface area contributed by atoms with Gasteiger partial charge in [-0.1, -0.05) is 12.1 Å². The number of carbonyl (C=O) groups is 3. The standard InChI is InChI=1S/C20H22N4O3.C4H3N3O4S/c1-13(25)22-18-12-14(8-9-17(18)21)23(2)10-5-11-24-19(26)15-6-3-4-7-16(15)20(24)27;5-4-2(6(8)9)1-3(12-4)7(10)11/h3-4,6-9,12H,5,10-11,21H2,1-2H3,(H,22,25);1H,5H2. The molecule has 0 fully saturated rings. The van der Waals surface area contributed by atoms with Crippen LogP contribution in [0.1, 0.15) is 34.1 Å². The Bertz CT molecular complexity index is 1420. The van der Waals surface area contributed by atoms with Crippen LogP contribution in [0.5, 0.6) is 0 Å². The van der Waals surface area contributed by atoms with E-state index in [2.05, 4.69) is 5.32 Å². The molecule has 1 aliphatic rings. The Kier molecular flexibility index (Phi) is 8.77. The van der Waals surface area contributed by atoms with Crippen molar-refractivity contribution in [1.82, 2.24) is 4.90 Å². The van der Waals surface area contributed by atoms with Crippen molar-refractivity contribution in [3.63, 3.8) is 0 Å². The van der Waals surface area contributed by atoms with Gasteiger partial charge >= 0.3 is 10.7 Å². The van der Waals surface area contributed by atoms with Crippen molar-refractivity contribution in [2.75, 3.05) is 41.8 Å². The molecule has 0 unspecified atom stereocenters. The van der Waals surface area contributed by atoms with Gasteiger partial charge in [-0.3, -0.25) is 39.5 Å². The fourth-order valence-electron chi connectivity index (χ4n) is 3.73. The van der Waals surface area contributed by atoms with Crippen LogP contribution in [-0.2, 0) is 4.79 Å². The topological polar surface area (TPSA) is 208 Å². The fraction of sp³-hybridized carbons (Fsp3) is 0.208. The molecule has 1 aliphatic heterocycles. The number of nitrogens with zero attached hydrogens (tertiary/aromatic N) is 4. The predicted octanol–water partition coefficient (Wildman–Crippen LogP) is 3.50. The first-order valence-corrected chi connectivity index (χ1v) is 12.2. The van der Waals surface area contributed by atoms with Crippen LogP contribution < -0.4 is 21.7 Å². The number of nitrogens with one attached hydrogen (secondary N) is 1. The van der Waals surface area contributed by atoms with E-state index in [1.807, 2.05) is 18.0 Å². The van der Waals surface area contributed by atoms with Gasteiger partial charge < -0.3 is 21.7 Å². The third kappa shape index (κ3) is 6.64. The van der Waals surface area contributed by atoms with Gasteiger partial charge in [-0.2, -0.15) is 0 Å². The molecule has 5 N–H and O–H groups in total. The largest absolute Gasteiger partial charge is 0.397 e. The lowest BCUT2D eigenvalue weighted by Gasteiger charge is -2.22. The Labute approximate surface area is 226 Å². The van der Waals surface area contributed by atoms with Crippen LogP contribution in [-0.4, -0.2) is 52.6 Å². The van der Waals surface area contributed by atoms with Crippen molar-refractivity contribution in [3.05, 3.63) is 79.9 Å². The maximum atomic E-state index is 12.4. The van der Waals surface area contributed by atoms with E-state index in [0.717, 1.165) is 11.8 Å². The molecule has 14 nitrogen and oxygen atoms in total. The molecule has 0 radical (unpaired) electrons. The number of fused-ring (bicyclic) bond motifs is 1. The van der Waals surface area contributed by atoms with Gasteiger partial charge in [-0.05, 0) is 48.1 Å². The Hall–Kier alpha value is -5.05. The number of amides is 3. The molecule has 0 spiro atoms. The summed E-state index contributed by atoms with van der Waals surface area (Å²) in [7, 11) is 1.91. The zero-order valence-electron chi connectivity index (χ0n) is 20.9. The second-order valence-electron chi connectivity index (χ2n) is 8.38. The minimum absolute atomic E-state index is 0.147. The number of rotatable bonds is 8. The highest BCUT2D eigenvalue weighted by atomic mass is 32.1. The van der Waals surface area contributed by atoms with Crippen LogP contribution in [0, 0.1) is 20.2 Å². The smallest absolute Gasteiger partial charge is 0.333 e. The highest BCUT2D eigenvalue weighted by molar-refractivity contribution is 7.19. The van der Waals surface area contributed by atoms with E-state index < -0.39 is 15.5 Å². The molecule has 2 heterocycles. The molecule has 204 valence electrons. The van der Waals surface area contributed by atoms with Gasteiger partial charge in [0.15, 0.2) is 5.00 Å². The van der Waals surface area contributed by atoms with E-state index in [4.69, 9.17) is 11.5 Å². The molecule has 3 aromatic rings. The highest BCUT2D eigenvalue weighted by Gasteiger charge is 2.34. The number of nitrogen functional groups attached to an aromatic ring is 2. The third-order valence-corrected chi connectivity index (χ3v) is 6.55. The van der Waals surface area contributed by atoms with Gasteiger partial charge in [0.25, 0.3) is 11.8 Å². The van der Waals surface area contributed by atoms with Gasteiger partial charge in [0.1, 0.15) is 6.07 Å². The number of carbonyl (C=O) groups excluding carboxylic acids is 3. The van der Waals surface area contributed by atoms with Crippen LogP contribution in [0.3, 0.4) is 0 Å². The molecule has 0 aliphatic carbocycles. The third-order valence-electron chi connectivity index (χ3n) is 5.65. The summed E-state index contributed by atoms with van der Waals surface area (Å²) in [4.78, 5) is 58.1. The molecular formula is C24H25N7O7S. The number of hydrogen-bond donors (Lipinski definition) is 3. The first kappa shape index (κ1) is 28.5. The summed E-state index contributed by atoms with van der Waals surface area (Å²) in [5.41, 5.74) is 13.5. The first-order valence-electron chi connectivity index (χ1n) is 11.4. The van der Waals surface area contributed by atoms with E-state index in [9.17, 15) is 34.6 Å². The molecule has 3 amide bonds. The Balaban J connectivity index is 0.000000293. The SMILES string of the molecule is CC(=O)Nc1cc(N(C)CCCN2C(=O)c3ccccc3C2=O)ccc1N.Nc1sc([N+](=O)[O-])cc1[N+](=O)[O-]. The van der Waals surface area contributed by atoms with Crippen LogP contribution in [0.4, 0.5) is 32.8 Å². The van der Waals surface area contributed by atoms with Crippen LogP contribution >= 0.6 is 11.3 Å². The van der Waals surface area contributed by atoms with Crippen molar-refractivity contribution in [1.29, 1.82) is 0 Å². The summed E-state index contributed by atoms with van der Waals surface area (Å²) in [5, 5.41) is 22.5. The van der Waals surface area contributed by atoms with Gasteiger partial charge in [0, 0.05) is 32.7 Å². The van der Waals surface area contributed by atoms with Crippen molar-refractivity contribution in [2.24, 2.45) is 0 Å². The molecule has 0 saturated heterocycles. The highest BCUT2D eigenvalue weighted by Crippen LogP contribution is 2.36. The average molecular weight is 556 g/mol. The summed E-state index contributed by atoms with van der Waals surface area (Å²) < 4.78 is 0. The minimum Gasteiger partial charge on any atom is -0.397 e. The Morgan fingerprint density at radius 1 is 1.03 bits per heavy atom. The number of benzene rings is 2. The zero-order valence-corrected chi connectivity index (χ0v) is 21.8. The van der Waals surface area contributed by atoms with E-state index in [1.54, 1.807) is 36.4 Å². The van der Waals surface area contributed by atoms with Crippen molar-refractivity contribution >= 4 is 61.8 Å². The summed E-state index contributed by atoms with van der Waals surface area (Å²) in [6.07, 6.45) is 0.627. The van der Waals surface area contributed by atoms with Crippen LogP contribution in [0.25, 0.3) is 0 Å². The van der Waals surface area contributed by atoms with Crippen molar-refractivity contribution in [3.8, 4) is 0 Å². The number of imide groups is 1. The first-order chi connectivity index (χ1) is 18.4. The molecule has 4 rings (SSSR count). The van der Waals surface area contributed by atoms with Crippen LogP contribution in [0.2, 0.25) is 0 Å². The Morgan fingerprint density at radius 3 is 2.13 bits per heavy atom. The lowest BCUT2D eigenvalue weighted by molar-refractivity contribution is -0.389. The number of nitro groups is 2. The monoisotopic (exact) mass is 555 g/mol. The minimum atomic E-state index is -0.751. The number of thiophene rings is 1.